The molecule has 2 aromatic carbocycles. The Morgan fingerprint density at radius 1 is 0.933 bits per heavy atom. The highest BCUT2D eigenvalue weighted by atomic mass is 16.1. The third-order valence-electron chi connectivity index (χ3n) is 5.04. The van der Waals surface area contributed by atoms with Crippen LogP contribution < -0.4 is 0 Å². The van der Waals surface area contributed by atoms with Gasteiger partial charge < -0.3 is 0 Å². The Labute approximate surface area is 173 Å². The molecular weight excluding hydrogens is 374 g/mol. The van der Waals surface area contributed by atoms with Crippen LogP contribution in [0.2, 0.25) is 0 Å². The SMILES string of the molecule is CC(=O)Cc1cccc(-c2ccc3nnn(Cc4ccc5ncccc5c4)c3n2)c1. The quantitative estimate of drug-likeness (QED) is 0.447. The topological polar surface area (TPSA) is 73.6 Å². The lowest BCUT2D eigenvalue weighted by atomic mass is 10.0. The van der Waals surface area contributed by atoms with Gasteiger partial charge in [-0.05, 0) is 54.4 Å². The molecule has 0 spiro atoms. The highest BCUT2D eigenvalue weighted by molar-refractivity contribution is 5.80. The van der Waals surface area contributed by atoms with Crippen LogP contribution in [-0.2, 0) is 17.8 Å². The van der Waals surface area contributed by atoms with Crippen molar-refractivity contribution in [1.82, 2.24) is 25.0 Å². The van der Waals surface area contributed by atoms with E-state index in [1.165, 1.54) is 0 Å². The molecule has 30 heavy (non-hydrogen) atoms. The number of ketones is 1. The Kier molecular flexibility index (Phi) is 4.52. The largest absolute Gasteiger partial charge is 0.300 e. The van der Waals surface area contributed by atoms with Crippen molar-refractivity contribution in [2.45, 2.75) is 19.9 Å². The normalized spacial score (nSPS) is 11.2. The summed E-state index contributed by atoms with van der Waals surface area (Å²) in [5.41, 5.74) is 6.35. The molecule has 6 nitrogen and oxygen atoms in total. The molecule has 5 aromatic rings. The van der Waals surface area contributed by atoms with Crippen LogP contribution in [0.4, 0.5) is 0 Å². The number of aromatic nitrogens is 5. The van der Waals surface area contributed by atoms with Gasteiger partial charge in [-0.2, -0.15) is 0 Å². The first-order valence-electron chi connectivity index (χ1n) is 9.78. The average molecular weight is 393 g/mol. The summed E-state index contributed by atoms with van der Waals surface area (Å²) in [6.07, 6.45) is 2.22. The van der Waals surface area contributed by atoms with E-state index in [9.17, 15) is 4.79 Å². The maximum absolute atomic E-state index is 11.5. The fourth-order valence-corrected chi connectivity index (χ4v) is 3.65. The van der Waals surface area contributed by atoms with E-state index in [-0.39, 0.29) is 5.78 Å². The van der Waals surface area contributed by atoms with Gasteiger partial charge in [-0.1, -0.05) is 35.5 Å². The first kappa shape index (κ1) is 18.1. The molecule has 3 aromatic heterocycles. The number of nitrogens with zero attached hydrogens (tertiary/aromatic N) is 5. The Bertz CT molecular complexity index is 1390. The number of benzene rings is 2. The Balaban J connectivity index is 1.50. The standard InChI is InChI=1S/C24H19N5O/c1-16(30)12-17-4-2-5-20(13-17)22-9-10-23-24(26-22)29(28-27-23)15-18-7-8-21-19(14-18)6-3-11-25-21/h2-11,13-14H,12,15H2,1H3. The molecule has 0 aliphatic heterocycles. The number of carbonyl (C=O) groups excluding carboxylic acids is 1. The van der Waals surface area contributed by atoms with Gasteiger partial charge in [0.2, 0.25) is 0 Å². The van der Waals surface area contributed by atoms with Crippen molar-refractivity contribution in [2.75, 3.05) is 0 Å². The lowest BCUT2D eigenvalue weighted by Gasteiger charge is -2.06. The summed E-state index contributed by atoms with van der Waals surface area (Å²) in [4.78, 5) is 20.7. The summed E-state index contributed by atoms with van der Waals surface area (Å²) >= 11 is 0. The van der Waals surface area contributed by atoms with Gasteiger partial charge in [0.15, 0.2) is 5.65 Å². The number of Topliss-reactive ketones (excluding diaryl/α,β-unsaturated/α-hetero) is 1. The minimum Gasteiger partial charge on any atom is -0.300 e. The second-order valence-electron chi connectivity index (χ2n) is 7.40. The second-order valence-corrected chi connectivity index (χ2v) is 7.40. The molecule has 0 aliphatic carbocycles. The molecule has 0 aliphatic rings. The first-order valence-corrected chi connectivity index (χ1v) is 9.78. The maximum atomic E-state index is 11.5. The summed E-state index contributed by atoms with van der Waals surface area (Å²) in [6, 6.07) is 22.0. The molecule has 146 valence electrons. The molecule has 0 amide bonds. The van der Waals surface area contributed by atoms with Crippen molar-refractivity contribution in [3.63, 3.8) is 0 Å². The van der Waals surface area contributed by atoms with Gasteiger partial charge in [-0.15, -0.1) is 5.10 Å². The summed E-state index contributed by atoms with van der Waals surface area (Å²) in [5.74, 6) is 0.142. The van der Waals surface area contributed by atoms with Gasteiger partial charge in [0.25, 0.3) is 0 Å². The molecule has 0 bridgehead atoms. The third-order valence-corrected chi connectivity index (χ3v) is 5.04. The zero-order valence-electron chi connectivity index (χ0n) is 16.5. The van der Waals surface area contributed by atoms with Gasteiger partial charge in [-0.25, -0.2) is 9.67 Å². The average Bonchev–Trinajstić information content (AvgIpc) is 3.15. The molecular formula is C24H19N5O. The molecule has 0 fully saturated rings. The van der Waals surface area contributed by atoms with Crippen LogP contribution >= 0.6 is 0 Å². The summed E-state index contributed by atoms with van der Waals surface area (Å²) in [7, 11) is 0. The molecule has 3 heterocycles. The van der Waals surface area contributed by atoms with Crippen LogP contribution in [0.5, 0.6) is 0 Å². The predicted molar refractivity (Wildman–Crippen MR) is 116 cm³/mol. The van der Waals surface area contributed by atoms with E-state index in [4.69, 9.17) is 4.98 Å². The smallest absolute Gasteiger partial charge is 0.179 e. The van der Waals surface area contributed by atoms with Crippen LogP contribution in [0, 0.1) is 0 Å². The fourth-order valence-electron chi connectivity index (χ4n) is 3.65. The molecule has 0 atom stereocenters. The van der Waals surface area contributed by atoms with Crippen molar-refractivity contribution in [3.05, 3.63) is 84.1 Å². The van der Waals surface area contributed by atoms with Crippen molar-refractivity contribution in [2.24, 2.45) is 0 Å². The van der Waals surface area contributed by atoms with E-state index in [0.717, 1.165) is 44.5 Å². The fraction of sp³-hybridized carbons (Fsp3) is 0.125. The molecule has 0 radical (unpaired) electrons. The number of fused-ring (bicyclic) bond motifs is 2. The molecule has 0 unspecified atom stereocenters. The predicted octanol–water partition coefficient (Wildman–Crippen LogP) is 4.22. The van der Waals surface area contributed by atoms with Crippen LogP contribution in [0.25, 0.3) is 33.3 Å². The summed E-state index contributed by atoms with van der Waals surface area (Å²) < 4.78 is 1.82. The minimum absolute atomic E-state index is 0.142. The highest BCUT2D eigenvalue weighted by Gasteiger charge is 2.10. The zero-order chi connectivity index (χ0) is 20.5. The van der Waals surface area contributed by atoms with Crippen molar-refractivity contribution in [1.29, 1.82) is 0 Å². The third kappa shape index (κ3) is 3.55. The Hall–Kier alpha value is -3.93. The van der Waals surface area contributed by atoms with E-state index in [1.807, 2.05) is 53.2 Å². The van der Waals surface area contributed by atoms with E-state index in [0.29, 0.717) is 13.0 Å². The molecule has 0 N–H and O–H groups in total. The molecule has 5 rings (SSSR count). The van der Waals surface area contributed by atoms with Crippen LogP contribution in [-0.4, -0.2) is 30.7 Å². The maximum Gasteiger partial charge on any atom is 0.179 e. The van der Waals surface area contributed by atoms with Crippen molar-refractivity contribution in [3.8, 4) is 11.3 Å². The van der Waals surface area contributed by atoms with Gasteiger partial charge in [0.05, 0.1) is 17.8 Å². The van der Waals surface area contributed by atoms with Crippen molar-refractivity contribution < 1.29 is 4.79 Å². The number of hydrogen-bond acceptors (Lipinski definition) is 5. The number of rotatable bonds is 5. The summed E-state index contributed by atoms with van der Waals surface area (Å²) in [6.45, 7) is 2.17. The molecule has 0 saturated heterocycles. The van der Waals surface area contributed by atoms with Gasteiger partial charge >= 0.3 is 0 Å². The highest BCUT2D eigenvalue weighted by Crippen LogP contribution is 2.22. The summed E-state index contributed by atoms with van der Waals surface area (Å²) in [5, 5.41) is 9.66. The minimum atomic E-state index is 0.142. The van der Waals surface area contributed by atoms with E-state index < -0.39 is 0 Å². The second kappa shape index (κ2) is 7.48. The van der Waals surface area contributed by atoms with Crippen molar-refractivity contribution >= 4 is 27.9 Å². The van der Waals surface area contributed by atoms with Crippen LogP contribution in [0.15, 0.2) is 72.9 Å². The van der Waals surface area contributed by atoms with Gasteiger partial charge in [-0.3, -0.25) is 9.78 Å². The molecule has 0 saturated carbocycles. The Morgan fingerprint density at radius 3 is 2.73 bits per heavy atom. The van der Waals surface area contributed by atoms with Crippen LogP contribution in [0.3, 0.4) is 0 Å². The number of hydrogen-bond donors (Lipinski definition) is 0. The zero-order valence-corrected chi connectivity index (χ0v) is 16.5. The Morgan fingerprint density at radius 2 is 1.83 bits per heavy atom. The lowest BCUT2D eigenvalue weighted by Crippen LogP contribution is -2.03. The van der Waals surface area contributed by atoms with Gasteiger partial charge in [0.1, 0.15) is 11.3 Å². The lowest BCUT2D eigenvalue weighted by molar-refractivity contribution is -0.116. The van der Waals surface area contributed by atoms with E-state index in [2.05, 4.69) is 33.5 Å². The molecule has 6 heteroatoms. The monoisotopic (exact) mass is 393 g/mol. The number of carbonyl (C=O) groups is 1. The van der Waals surface area contributed by atoms with Gasteiger partial charge in [0, 0.05) is 23.6 Å². The van der Waals surface area contributed by atoms with Crippen LogP contribution in [0.1, 0.15) is 18.1 Å². The van der Waals surface area contributed by atoms with E-state index >= 15 is 0 Å². The first-order chi connectivity index (χ1) is 14.7. The number of pyridine rings is 2. The van der Waals surface area contributed by atoms with E-state index in [1.54, 1.807) is 13.1 Å².